The van der Waals surface area contributed by atoms with Crippen molar-refractivity contribution < 1.29 is 19.4 Å². The van der Waals surface area contributed by atoms with Gasteiger partial charge >= 0.3 is 12.1 Å². The first kappa shape index (κ1) is 23.2. The summed E-state index contributed by atoms with van der Waals surface area (Å²) < 4.78 is 7.35. The summed E-state index contributed by atoms with van der Waals surface area (Å²) >= 11 is 1.55. The van der Waals surface area contributed by atoms with Crippen LogP contribution in [0.5, 0.6) is 0 Å². The molecule has 1 N–H and O–H groups in total. The van der Waals surface area contributed by atoms with E-state index in [0.717, 1.165) is 30.6 Å². The number of nitrogens with zero attached hydrogens (tertiary/aromatic N) is 1. The molecule has 0 aliphatic carbocycles. The molecule has 0 bridgehead atoms. The molecule has 0 saturated carbocycles. The predicted molar refractivity (Wildman–Crippen MR) is 124 cm³/mol. The molecule has 2 aromatic rings. The highest BCUT2D eigenvalue weighted by atomic mass is 32.2. The Morgan fingerprint density at radius 2 is 1.71 bits per heavy atom. The Hall–Kier alpha value is -2.47. The molecule has 0 spiro atoms. The SMILES string of the molecule is CC(C)(C)OC(=O)N1CC(CCCc2ccc(CC(=O)O)cc2)(c2ccccc2)CS1. The van der Waals surface area contributed by atoms with Crippen LogP contribution in [0.4, 0.5) is 4.79 Å². The molecule has 1 aliphatic rings. The third kappa shape index (κ3) is 6.50. The number of hydrogen-bond donors (Lipinski definition) is 1. The van der Waals surface area contributed by atoms with E-state index in [-0.39, 0.29) is 17.9 Å². The van der Waals surface area contributed by atoms with E-state index in [1.54, 1.807) is 16.3 Å². The quantitative estimate of drug-likeness (QED) is 0.577. The lowest BCUT2D eigenvalue weighted by atomic mass is 9.77. The van der Waals surface area contributed by atoms with E-state index in [4.69, 9.17) is 9.84 Å². The summed E-state index contributed by atoms with van der Waals surface area (Å²) in [6.45, 7) is 6.29. The van der Waals surface area contributed by atoms with Crippen molar-refractivity contribution in [3.05, 3.63) is 71.3 Å². The molecule has 0 radical (unpaired) electrons. The van der Waals surface area contributed by atoms with Gasteiger partial charge in [-0.05, 0) is 68.7 Å². The molecule has 1 aliphatic heterocycles. The maximum Gasteiger partial charge on any atom is 0.420 e. The van der Waals surface area contributed by atoms with Crippen molar-refractivity contribution in [3.63, 3.8) is 0 Å². The van der Waals surface area contributed by atoms with Crippen LogP contribution >= 0.6 is 11.9 Å². The topological polar surface area (TPSA) is 66.8 Å². The highest BCUT2D eigenvalue weighted by Gasteiger charge is 2.43. The van der Waals surface area contributed by atoms with Crippen LogP contribution in [0.25, 0.3) is 0 Å². The Labute approximate surface area is 188 Å². The molecule has 6 heteroatoms. The van der Waals surface area contributed by atoms with E-state index < -0.39 is 11.6 Å². The molecule has 166 valence electrons. The highest BCUT2D eigenvalue weighted by Crippen LogP contribution is 2.42. The molecule has 31 heavy (non-hydrogen) atoms. The predicted octanol–water partition coefficient (Wildman–Crippen LogP) is 5.47. The van der Waals surface area contributed by atoms with Crippen LogP contribution in [0.15, 0.2) is 54.6 Å². The van der Waals surface area contributed by atoms with Crippen molar-refractivity contribution >= 4 is 24.0 Å². The number of carboxylic acids is 1. The summed E-state index contributed by atoms with van der Waals surface area (Å²) in [6.07, 6.45) is 2.63. The molecular weight excluding hydrogens is 410 g/mol. The minimum absolute atomic E-state index is 0.0507. The second-order valence-electron chi connectivity index (χ2n) is 9.18. The van der Waals surface area contributed by atoms with E-state index in [9.17, 15) is 9.59 Å². The molecular formula is C25H31NO4S. The van der Waals surface area contributed by atoms with Crippen LogP contribution in [-0.2, 0) is 27.8 Å². The van der Waals surface area contributed by atoms with Crippen molar-refractivity contribution in [2.75, 3.05) is 12.3 Å². The summed E-state index contributed by atoms with van der Waals surface area (Å²) in [4.78, 5) is 23.5. The van der Waals surface area contributed by atoms with E-state index in [1.165, 1.54) is 11.1 Å². The third-order valence-electron chi connectivity index (χ3n) is 5.43. The number of carbonyl (C=O) groups excluding carboxylic acids is 1. The van der Waals surface area contributed by atoms with Crippen molar-refractivity contribution in [1.29, 1.82) is 0 Å². The number of benzene rings is 2. The van der Waals surface area contributed by atoms with Crippen molar-refractivity contribution in [1.82, 2.24) is 4.31 Å². The molecule has 1 unspecified atom stereocenters. The largest absolute Gasteiger partial charge is 0.481 e. The maximum absolute atomic E-state index is 12.6. The number of aliphatic carboxylic acids is 1. The van der Waals surface area contributed by atoms with Gasteiger partial charge in [0, 0.05) is 17.7 Å². The Balaban J connectivity index is 1.67. The molecule has 1 atom stereocenters. The monoisotopic (exact) mass is 441 g/mol. The normalized spacial score (nSPS) is 18.7. The fourth-order valence-corrected chi connectivity index (χ4v) is 5.18. The van der Waals surface area contributed by atoms with Crippen LogP contribution in [0, 0.1) is 0 Å². The van der Waals surface area contributed by atoms with Crippen molar-refractivity contribution in [2.24, 2.45) is 0 Å². The van der Waals surface area contributed by atoms with Crippen LogP contribution < -0.4 is 0 Å². The molecule has 1 fully saturated rings. The van der Waals surface area contributed by atoms with Crippen LogP contribution in [0.3, 0.4) is 0 Å². The second-order valence-corrected chi connectivity index (χ2v) is 10.2. The van der Waals surface area contributed by atoms with Crippen LogP contribution in [0.2, 0.25) is 0 Å². The van der Waals surface area contributed by atoms with Gasteiger partial charge in [0.15, 0.2) is 0 Å². The Bertz CT molecular complexity index is 892. The average Bonchev–Trinajstić information content (AvgIpc) is 3.14. The number of carboxylic acid groups (broad SMARTS) is 1. The maximum atomic E-state index is 12.6. The highest BCUT2D eigenvalue weighted by molar-refractivity contribution is 7.97. The molecule has 3 rings (SSSR count). The smallest absolute Gasteiger partial charge is 0.420 e. The molecule has 1 saturated heterocycles. The van der Waals surface area contributed by atoms with Crippen LogP contribution in [0.1, 0.15) is 50.3 Å². The number of ether oxygens (including phenoxy) is 1. The van der Waals surface area contributed by atoms with Gasteiger partial charge in [0.25, 0.3) is 0 Å². The first-order chi connectivity index (χ1) is 14.7. The first-order valence-corrected chi connectivity index (χ1v) is 11.6. The van der Waals surface area contributed by atoms with Gasteiger partial charge in [-0.3, -0.25) is 9.10 Å². The Morgan fingerprint density at radius 3 is 2.32 bits per heavy atom. The van der Waals surface area contributed by atoms with Gasteiger partial charge in [-0.15, -0.1) is 0 Å². The summed E-state index contributed by atoms with van der Waals surface area (Å²) in [6, 6.07) is 18.3. The number of aryl methyl sites for hydroxylation is 1. The number of carbonyl (C=O) groups is 2. The minimum Gasteiger partial charge on any atom is -0.481 e. The lowest BCUT2D eigenvalue weighted by Crippen LogP contribution is -2.37. The first-order valence-electron chi connectivity index (χ1n) is 10.7. The third-order valence-corrected chi connectivity index (χ3v) is 6.70. The zero-order chi connectivity index (χ0) is 22.5. The summed E-state index contributed by atoms with van der Waals surface area (Å²) in [5.41, 5.74) is 2.66. The van der Waals surface area contributed by atoms with Gasteiger partial charge in [0.1, 0.15) is 5.60 Å². The van der Waals surface area contributed by atoms with Gasteiger partial charge in [-0.25, -0.2) is 4.79 Å². The summed E-state index contributed by atoms with van der Waals surface area (Å²) in [7, 11) is 0. The van der Waals surface area contributed by atoms with E-state index in [1.807, 2.05) is 51.1 Å². The number of amides is 1. The molecule has 2 aromatic carbocycles. The average molecular weight is 442 g/mol. The lowest BCUT2D eigenvalue weighted by Gasteiger charge is -2.30. The van der Waals surface area contributed by atoms with Gasteiger partial charge in [-0.1, -0.05) is 54.6 Å². The fraction of sp³-hybridized carbons (Fsp3) is 0.440. The molecule has 0 aromatic heterocycles. The summed E-state index contributed by atoms with van der Waals surface area (Å²) in [5.74, 6) is 0.0270. The Morgan fingerprint density at radius 1 is 1.06 bits per heavy atom. The van der Waals surface area contributed by atoms with E-state index in [0.29, 0.717) is 6.54 Å². The van der Waals surface area contributed by atoms with Gasteiger partial charge < -0.3 is 9.84 Å². The molecule has 1 heterocycles. The van der Waals surface area contributed by atoms with Gasteiger partial charge in [0.2, 0.25) is 0 Å². The van der Waals surface area contributed by atoms with Crippen molar-refractivity contribution in [3.8, 4) is 0 Å². The van der Waals surface area contributed by atoms with Crippen molar-refractivity contribution in [2.45, 2.75) is 57.5 Å². The Kier molecular flexibility index (Phi) is 7.31. The second kappa shape index (κ2) is 9.77. The summed E-state index contributed by atoms with van der Waals surface area (Å²) in [5, 5.41) is 8.92. The van der Waals surface area contributed by atoms with E-state index >= 15 is 0 Å². The minimum atomic E-state index is -0.814. The number of rotatable bonds is 7. The fourth-order valence-electron chi connectivity index (χ4n) is 3.89. The molecule has 1 amide bonds. The lowest BCUT2D eigenvalue weighted by molar-refractivity contribution is -0.136. The van der Waals surface area contributed by atoms with Gasteiger partial charge in [0.05, 0.1) is 6.42 Å². The number of hydrogen-bond acceptors (Lipinski definition) is 4. The van der Waals surface area contributed by atoms with E-state index in [2.05, 4.69) is 24.3 Å². The standard InChI is InChI=1S/C25H31NO4S/c1-24(2,3)30-23(29)26-17-25(18-31-26,21-9-5-4-6-10-21)15-7-8-19-11-13-20(14-12-19)16-22(27)28/h4-6,9-14H,7-8,15-18H2,1-3H3,(H,27,28). The zero-order valence-electron chi connectivity index (χ0n) is 18.5. The molecule has 5 nitrogen and oxygen atoms in total. The van der Waals surface area contributed by atoms with Gasteiger partial charge in [-0.2, -0.15) is 0 Å². The zero-order valence-corrected chi connectivity index (χ0v) is 19.3. The van der Waals surface area contributed by atoms with Crippen LogP contribution in [-0.4, -0.2) is 39.4 Å².